The van der Waals surface area contributed by atoms with Crippen LogP contribution in [-0.2, 0) is 16.0 Å². The van der Waals surface area contributed by atoms with Crippen LogP contribution < -0.4 is 20.7 Å². The van der Waals surface area contributed by atoms with Crippen LogP contribution in [0.3, 0.4) is 0 Å². The first-order chi connectivity index (χ1) is 18.7. The number of anilines is 2. The summed E-state index contributed by atoms with van der Waals surface area (Å²) in [5, 5.41) is 18.7. The molecular formula is C26H24F2N4O7. The lowest BCUT2D eigenvalue weighted by Crippen LogP contribution is -2.28. The molecule has 0 aromatic heterocycles. The van der Waals surface area contributed by atoms with E-state index in [4.69, 9.17) is 4.74 Å². The number of hydrogen-bond acceptors (Lipinski definition) is 8. The summed E-state index contributed by atoms with van der Waals surface area (Å²) in [5.41, 5.74) is -0.240. The third-order valence-electron chi connectivity index (χ3n) is 5.24. The summed E-state index contributed by atoms with van der Waals surface area (Å²) < 4.78 is 38.0. The summed E-state index contributed by atoms with van der Waals surface area (Å²) in [5.74, 6) is -2.45. The van der Waals surface area contributed by atoms with E-state index >= 15 is 0 Å². The standard InChI is InChI=1S/C26H24F2N4O7/c1-38-25(34)17-7-9-24(23(14-17)32(36)37)39-11-10-29-15-18(33)12-16-6-8-22(20(28)13-16)31-26(35)30-21-5-3-2-4-19(21)27/h2-9,13-14,29H,10-12,15H2,1H3,(H2,30,31,35). The average Bonchev–Trinajstić information content (AvgIpc) is 2.91. The maximum atomic E-state index is 14.4. The Bertz CT molecular complexity index is 1380. The van der Waals surface area contributed by atoms with Crippen molar-refractivity contribution in [2.24, 2.45) is 0 Å². The van der Waals surface area contributed by atoms with E-state index in [2.05, 4.69) is 20.7 Å². The monoisotopic (exact) mass is 542 g/mol. The van der Waals surface area contributed by atoms with Gasteiger partial charge in [-0.15, -0.1) is 0 Å². The molecule has 11 nitrogen and oxygen atoms in total. The Morgan fingerprint density at radius 1 is 0.949 bits per heavy atom. The summed E-state index contributed by atoms with van der Waals surface area (Å²) in [6, 6.07) is 12.2. The van der Waals surface area contributed by atoms with E-state index in [1.807, 2.05) is 0 Å². The first-order valence-electron chi connectivity index (χ1n) is 11.5. The number of benzene rings is 3. The van der Waals surface area contributed by atoms with E-state index in [1.165, 1.54) is 48.5 Å². The fourth-order valence-electron chi connectivity index (χ4n) is 3.39. The lowest BCUT2D eigenvalue weighted by Gasteiger charge is -2.10. The van der Waals surface area contributed by atoms with Crippen LogP contribution in [-0.4, -0.2) is 49.5 Å². The molecule has 0 aliphatic carbocycles. The van der Waals surface area contributed by atoms with Crippen molar-refractivity contribution in [3.63, 3.8) is 0 Å². The van der Waals surface area contributed by atoms with E-state index in [9.17, 15) is 33.3 Å². The highest BCUT2D eigenvalue weighted by Gasteiger charge is 2.19. The second kappa shape index (κ2) is 13.6. The van der Waals surface area contributed by atoms with Gasteiger partial charge in [0.15, 0.2) is 11.5 Å². The highest BCUT2D eigenvalue weighted by molar-refractivity contribution is 6.00. The van der Waals surface area contributed by atoms with Gasteiger partial charge in [-0.2, -0.15) is 0 Å². The average molecular weight is 542 g/mol. The van der Waals surface area contributed by atoms with Crippen LogP contribution in [0.1, 0.15) is 15.9 Å². The number of hydrogen-bond donors (Lipinski definition) is 3. The number of nitrogens with zero attached hydrogens (tertiary/aromatic N) is 1. The van der Waals surface area contributed by atoms with Gasteiger partial charge in [-0.25, -0.2) is 18.4 Å². The Labute approximate surface area is 221 Å². The SMILES string of the molecule is COC(=O)c1ccc(OCCNCC(=O)Cc2ccc(NC(=O)Nc3ccccc3F)c(F)c2)c([N+](=O)[O-])c1. The van der Waals surface area contributed by atoms with Crippen LogP contribution in [0.25, 0.3) is 0 Å². The highest BCUT2D eigenvalue weighted by Crippen LogP contribution is 2.28. The maximum Gasteiger partial charge on any atom is 0.338 e. The van der Waals surface area contributed by atoms with Crippen LogP contribution in [0, 0.1) is 21.7 Å². The van der Waals surface area contributed by atoms with Crippen LogP contribution in [0.2, 0.25) is 0 Å². The third kappa shape index (κ3) is 8.30. The van der Waals surface area contributed by atoms with E-state index < -0.39 is 34.2 Å². The first-order valence-corrected chi connectivity index (χ1v) is 11.5. The second-order valence-electron chi connectivity index (χ2n) is 8.05. The molecule has 0 heterocycles. The molecule has 3 aromatic rings. The largest absolute Gasteiger partial charge is 0.485 e. The number of Topliss-reactive ketones (excluding diaryl/α,β-unsaturated/α-hetero) is 1. The van der Waals surface area contributed by atoms with Crippen LogP contribution in [0.4, 0.5) is 30.6 Å². The fraction of sp³-hybridized carbons (Fsp3) is 0.192. The van der Waals surface area contributed by atoms with Gasteiger partial charge < -0.3 is 25.4 Å². The van der Waals surface area contributed by atoms with Crippen molar-refractivity contribution in [3.8, 4) is 5.75 Å². The summed E-state index contributed by atoms with van der Waals surface area (Å²) in [7, 11) is 1.16. The van der Waals surface area contributed by atoms with Crippen molar-refractivity contribution in [2.45, 2.75) is 6.42 Å². The number of halogens is 2. The third-order valence-corrected chi connectivity index (χ3v) is 5.24. The lowest BCUT2D eigenvalue weighted by atomic mass is 10.1. The number of carbonyl (C=O) groups excluding carboxylic acids is 3. The van der Waals surface area contributed by atoms with Gasteiger partial charge in [-0.1, -0.05) is 18.2 Å². The minimum Gasteiger partial charge on any atom is -0.485 e. The molecule has 13 heteroatoms. The second-order valence-corrected chi connectivity index (χ2v) is 8.05. The number of nitrogens with one attached hydrogen (secondary N) is 3. The minimum absolute atomic E-state index is 0.00433. The zero-order valence-electron chi connectivity index (χ0n) is 20.7. The molecule has 2 amide bonds. The van der Waals surface area contributed by atoms with Gasteiger partial charge in [0.25, 0.3) is 0 Å². The van der Waals surface area contributed by atoms with Gasteiger partial charge >= 0.3 is 17.7 Å². The molecule has 204 valence electrons. The van der Waals surface area contributed by atoms with Crippen molar-refractivity contribution in [1.82, 2.24) is 5.32 Å². The highest BCUT2D eigenvalue weighted by atomic mass is 19.1. The molecular weight excluding hydrogens is 518 g/mol. The van der Waals surface area contributed by atoms with E-state index in [0.29, 0.717) is 5.56 Å². The van der Waals surface area contributed by atoms with E-state index in [0.717, 1.165) is 19.2 Å². The Balaban J connectivity index is 1.44. The van der Waals surface area contributed by atoms with Crippen LogP contribution >= 0.6 is 0 Å². The zero-order chi connectivity index (χ0) is 28.4. The number of rotatable bonds is 12. The van der Waals surface area contributed by atoms with Crippen molar-refractivity contribution >= 4 is 34.8 Å². The predicted molar refractivity (Wildman–Crippen MR) is 137 cm³/mol. The topological polar surface area (TPSA) is 149 Å². The fourth-order valence-corrected chi connectivity index (χ4v) is 3.39. The summed E-state index contributed by atoms with van der Waals surface area (Å²) in [6.07, 6.45) is -0.0903. The van der Waals surface area contributed by atoms with Crippen LogP contribution in [0.15, 0.2) is 60.7 Å². The summed E-state index contributed by atoms with van der Waals surface area (Å²) in [6.45, 7) is 0.102. The zero-order valence-corrected chi connectivity index (χ0v) is 20.7. The number of ketones is 1. The lowest BCUT2D eigenvalue weighted by molar-refractivity contribution is -0.385. The number of urea groups is 1. The molecule has 39 heavy (non-hydrogen) atoms. The quantitative estimate of drug-likeness (QED) is 0.134. The van der Waals surface area contributed by atoms with Gasteiger partial charge in [-0.05, 0) is 42.0 Å². The molecule has 0 bridgehead atoms. The normalized spacial score (nSPS) is 10.4. The van der Waals surface area contributed by atoms with Gasteiger partial charge in [-0.3, -0.25) is 14.9 Å². The van der Waals surface area contributed by atoms with Crippen molar-refractivity contribution in [1.29, 1.82) is 0 Å². The molecule has 0 fully saturated rings. The number of esters is 1. The van der Waals surface area contributed by atoms with Gasteiger partial charge in [0.2, 0.25) is 0 Å². The van der Waals surface area contributed by atoms with Crippen molar-refractivity contribution in [2.75, 3.05) is 37.4 Å². The van der Waals surface area contributed by atoms with Crippen molar-refractivity contribution in [3.05, 3.63) is 93.5 Å². The molecule has 0 aliphatic rings. The molecule has 0 spiro atoms. The number of carbonyl (C=O) groups is 3. The predicted octanol–water partition coefficient (Wildman–Crippen LogP) is 4.08. The van der Waals surface area contributed by atoms with Crippen LogP contribution in [0.5, 0.6) is 5.75 Å². The molecule has 3 N–H and O–H groups in total. The van der Waals surface area contributed by atoms with E-state index in [-0.39, 0.29) is 54.6 Å². The van der Waals surface area contributed by atoms with Gasteiger partial charge in [0.05, 0.1) is 35.5 Å². The molecule has 0 radical (unpaired) electrons. The number of amides is 2. The molecule has 0 aliphatic heterocycles. The van der Waals surface area contributed by atoms with Gasteiger partial charge in [0, 0.05) is 19.0 Å². The Morgan fingerprint density at radius 3 is 2.33 bits per heavy atom. The maximum absolute atomic E-state index is 14.4. The van der Waals surface area contributed by atoms with Gasteiger partial charge in [0.1, 0.15) is 18.2 Å². The smallest absolute Gasteiger partial charge is 0.338 e. The molecule has 0 unspecified atom stereocenters. The Morgan fingerprint density at radius 2 is 1.67 bits per heavy atom. The van der Waals surface area contributed by atoms with E-state index in [1.54, 1.807) is 0 Å². The number of nitro groups is 1. The molecule has 0 atom stereocenters. The Hall–Kier alpha value is -4.91. The van der Waals surface area contributed by atoms with Crippen molar-refractivity contribution < 1.29 is 37.6 Å². The minimum atomic E-state index is -0.834. The first kappa shape index (κ1) is 28.7. The molecule has 0 saturated heterocycles. The number of nitro benzene ring substituents is 1. The molecule has 3 aromatic carbocycles. The molecule has 3 rings (SSSR count). The number of methoxy groups -OCH3 is 1. The Kier molecular flexibility index (Phi) is 9.98. The number of ether oxygens (including phenoxy) is 2. The molecule has 0 saturated carbocycles. The number of para-hydroxylation sites is 1. The summed E-state index contributed by atoms with van der Waals surface area (Å²) in [4.78, 5) is 46.4. The summed E-state index contributed by atoms with van der Waals surface area (Å²) >= 11 is 0.